The van der Waals surface area contributed by atoms with Crippen LogP contribution in [0.2, 0.25) is 0 Å². The molecule has 3 aromatic carbocycles. The predicted molar refractivity (Wildman–Crippen MR) is 140 cm³/mol. The van der Waals surface area contributed by atoms with Gasteiger partial charge in [-0.2, -0.15) is 4.68 Å². The lowest BCUT2D eigenvalue weighted by Gasteiger charge is -2.23. The summed E-state index contributed by atoms with van der Waals surface area (Å²) in [6, 6.07) is 23.4. The molecule has 1 amide bonds. The van der Waals surface area contributed by atoms with Gasteiger partial charge in [-0.3, -0.25) is 4.79 Å². The number of aryl methyl sites for hydroxylation is 1. The molecular formula is C27H29N5O2S. The Labute approximate surface area is 209 Å². The minimum atomic E-state index is -0.142. The fourth-order valence-electron chi connectivity index (χ4n) is 3.47. The summed E-state index contributed by atoms with van der Waals surface area (Å²) in [5.74, 6) is 1.53. The molecule has 0 bridgehead atoms. The summed E-state index contributed by atoms with van der Waals surface area (Å²) in [7, 11) is 0. The van der Waals surface area contributed by atoms with Crippen molar-refractivity contribution in [1.82, 2.24) is 20.2 Å². The minimum absolute atomic E-state index is 0.142. The van der Waals surface area contributed by atoms with Crippen molar-refractivity contribution in [2.45, 2.75) is 44.7 Å². The molecule has 180 valence electrons. The smallest absolute Gasteiger partial charge is 0.234 e. The lowest BCUT2D eigenvalue weighted by Crippen LogP contribution is -2.15. The molecule has 0 fully saturated rings. The van der Waals surface area contributed by atoms with Crippen LogP contribution >= 0.6 is 11.8 Å². The number of benzene rings is 3. The third kappa shape index (κ3) is 6.08. The monoisotopic (exact) mass is 487 g/mol. The normalized spacial score (nSPS) is 11.3. The summed E-state index contributed by atoms with van der Waals surface area (Å²) in [6.07, 6.45) is 1.07. The maximum absolute atomic E-state index is 12.5. The lowest BCUT2D eigenvalue weighted by atomic mass is 9.82. The van der Waals surface area contributed by atoms with Gasteiger partial charge in [0.2, 0.25) is 11.1 Å². The van der Waals surface area contributed by atoms with Crippen LogP contribution in [0.3, 0.4) is 0 Å². The van der Waals surface area contributed by atoms with Crippen molar-refractivity contribution in [3.05, 3.63) is 83.9 Å². The Morgan fingerprint density at radius 2 is 1.66 bits per heavy atom. The maximum atomic E-state index is 12.5. The Hall–Kier alpha value is -3.65. The standard InChI is InChI=1S/C27H29N5O2S/c1-5-27(3,4)20-10-14-22(15-11-20)34-23-16-12-21(13-17-23)28-25(33)18-35-26-29-30-31-32(26)24-9-7-6-8-19(24)2/h6-17H,5,18H2,1-4H3,(H,28,33). The van der Waals surface area contributed by atoms with Crippen molar-refractivity contribution in [1.29, 1.82) is 0 Å². The Bertz CT molecular complexity index is 1280. The highest BCUT2D eigenvalue weighted by Crippen LogP contribution is 2.30. The van der Waals surface area contributed by atoms with Gasteiger partial charge in [0.1, 0.15) is 11.5 Å². The molecule has 0 aliphatic carbocycles. The second-order valence-corrected chi connectivity index (χ2v) is 9.83. The molecule has 4 rings (SSSR count). The van der Waals surface area contributed by atoms with Gasteiger partial charge >= 0.3 is 0 Å². The average molecular weight is 488 g/mol. The van der Waals surface area contributed by atoms with E-state index in [9.17, 15) is 4.79 Å². The van der Waals surface area contributed by atoms with E-state index >= 15 is 0 Å². The third-order valence-corrected chi connectivity index (χ3v) is 6.93. The summed E-state index contributed by atoms with van der Waals surface area (Å²) in [5.41, 5.74) is 4.06. The van der Waals surface area contributed by atoms with Gasteiger partial charge in [-0.1, -0.05) is 62.9 Å². The van der Waals surface area contributed by atoms with Crippen LogP contribution in [0.4, 0.5) is 5.69 Å². The van der Waals surface area contributed by atoms with Gasteiger partial charge in [-0.25, -0.2) is 0 Å². The van der Waals surface area contributed by atoms with Crippen LogP contribution in [0, 0.1) is 6.92 Å². The number of nitrogens with one attached hydrogen (secondary N) is 1. The molecule has 35 heavy (non-hydrogen) atoms. The fourth-order valence-corrected chi connectivity index (χ4v) is 4.15. The van der Waals surface area contributed by atoms with E-state index in [-0.39, 0.29) is 17.1 Å². The topological polar surface area (TPSA) is 81.9 Å². The summed E-state index contributed by atoms with van der Waals surface area (Å²) in [4.78, 5) is 12.5. The van der Waals surface area contributed by atoms with Crippen LogP contribution in [-0.4, -0.2) is 31.9 Å². The molecule has 0 unspecified atom stereocenters. The molecule has 1 N–H and O–H groups in total. The zero-order valence-corrected chi connectivity index (χ0v) is 21.2. The second kappa shape index (κ2) is 10.7. The highest BCUT2D eigenvalue weighted by molar-refractivity contribution is 7.99. The zero-order valence-electron chi connectivity index (χ0n) is 20.4. The first-order chi connectivity index (χ1) is 16.9. The number of tetrazole rings is 1. The van der Waals surface area contributed by atoms with Crippen LogP contribution in [-0.2, 0) is 10.2 Å². The molecule has 8 heteroatoms. The first kappa shape index (κ1) is 24.5. The van der Waals surface area contributed by atoms with Crippen molar-refractivity contribution < 1.29 is 9.53 Å². The number of para-hydroxylation sites is 1. The van der Waals surface area contributed by atoms with Gasteiger partial charge in [0, 0.05) is 5.69 Å². The van der Waals surface area contributed by atoms with Crippen LogP contribution in [0.5, 0.6) is 11.5 Å². The number of carbonyl (C=O) groups excluding carboxylic acids is 1. The van der Waals surface area contributed by atoms with Crippen molar-refractivity contribution in [3.63, 3.8) is 0 Å². The molecular weight excluding hydrogens is 458 g/mol. The Kier molecular flexibility index (Phi) is 7.51. The van der Waals surface area contributed by atoms with Gasteiger partial charge in [-0.05, 0) is 82.8 Å². The zero-order chi connectivity index (χ0) is 24.8. The number of hydrogen-bond donors (Lipinski definition) is 1. The molecule has 0 spiro atoms. The molecule has 1 heterocycles. The van der Waals surface area contributed by atoms with Gasteiger partial charge in [0.05, 0.1) is 11.4 Å². The molecule has 7 nitrogen and oxygen atoms in total. The van der Waals surface area contributed by atoms with E-state index in [1.54, 1.807) is 4.68 Å². The summed E-state index contributed by atoms with van der Waals surface area (Å²) < 4.78 is 7.61. The lowest BCUT2D eigenvalue weighted by molar-refractivity contribution is -0.113. The largest absolute Gasteiger partial charge is 0.457 e. The Balaban J connectivity index is 1.31. The number of thioether (sulfide) groups is 1. The number of carbonyl (C=O) groups is 1. The Morgan fingerprint density at radius 1 is 1.00 bits per heavy atom. The quantitative estimate of drug-likeness (QED) is 0.284. The average Bonchev–Trinajstić information content (AvgIpc) is 3.33. The first-order valence-electron chi connectivity index (χ1n) is 11.5. The molecule has 4 aromatic rings. The van der Waals surface area contributed by atoms with Gasteiger partial charge in [-0.15, -0.1) is 5.10 Å². The van der Waals surface area contributed by atoms with Crippen molar-refractivity contribution in [2.75, 3.05) is 11.1 Å². The molecule has 1 aromatic heterocycles. The third-order valence-electron chi connectivity index (χ3n) is 6.01. The van der Waals surface area contributed by atoms with Crippen LogP contribution in [0.25, 0.3) is 5.69 Å². The number of amides is 1. The van der Waals surface area contributed by atoms with Crippen molar-refractivity contribution in [2.24, 2.45) is 0 Å². The first-order valence-corrected chi connectivity index (χ1v) is 12.5. The van der Waals surface area contributed by atoms with E-state index < -0.39 is 0 Å². The summed E-state index contributed by atoms with van der Waals surface area (Å²) in [6.45, 7) is 8.66. The van der Waals surface area contributed by atoms with Crippen molar-refractivity contribution in [3.8, 4) is 17.2 Å². The fraction of sp³-hybridized carbons (Fsp3) is 0.259. The van der Waals surface area contributed by atoms with E-state index in [1.807, 2.05) is 67.6 Å². The number of anilines is 1. The van der Waals surface area contributed by atoms with Crippen LogP contribution in [0.1, 0.15) is 38.3 Å². The van der Waals surface area contributed by atoms with Crippen LogP contribution < -0.4 is 10.1 Å². The molecule has 0 saturated carbocycles. The van der Waals surface area contributed by atoms with Gasteiger partial charge in [0.25, 0.3) is 0 Å². The van der Waals surface area contributed by atoms with E-state index in [4.69, 9.17) is 4.74 Å². The van der Waals surface area contributed by atoms with Gasteiger partial charge in [0.15, 0.2) is 0 Å². The summed E-state index contributed by atoms with van der Waals surface area (Å²) >= 11 is 1.28. The van der Waals surface area contributed by atoms with Crippen LogP contribution in [0.15, 0.2) is 78.0 Å². The molecule has 0 aliphatic heterocycles. The number of nitrogens with zero attached hydrogens (tertiary/aromatic N) is 4. The predicted octanol–water partition coefficient (Wildman–Crippen LogP) is 6.18. The van der Waals surface area contributed by atoms with E-state index in [0.717, 1.165) is 23.4 Å². The number of hydrogen-bond acceptors (Lipinski definition) is 6. The van der Waals surface area contributed by atoms with E-state index in [0.29, 0.717) is 16.6 Å². The highest BCUT2D eigenvalue weighted by atomic mass is 32.2. The maximum Gasteiger partial charge on any atom is 0.234 e. The number of ether oxygens (including phenoxy) is 1. The summed E-state index contributed by atoms with van der Waals surface area (Å²) in [5, 5.41) is 15.3. The Morgan fingerprint density at radius 3 is 2.31 bits per heavy atom. The highest BCUT2D eigenvalue weighted by Gasteiger charge is 2.17. The van der Waals surface area contributed by atoms with Gasteiger partial charge < -0.3 is 10.1 Å². The van der Waals surface area contributed by atoms with Crippen molar-refractivity contribution >= 4 is 23.4 Å². The molecule has 0 atom stereocenters. The van der Waals surface area contributed by atoms with E-state index in [2.05, 4.69) is 53.7 Å². The molecule has 0 radical (unpaired) electrons. The molecule has 0 saturated heterocycles. The minimum Gasteiger partial charge on any atom is -0.457 e. The number of rotatable bonds is 9. The second-order valence-electron chi connectivity index (χ2n) is 8.88. The SMILES string of the molecule is CCC(C)(C)c1ccc(Oc2ccc(NC(=O)CSc3nnnn3-c3ccccc3C)cc2)cc1. The molecule has 0 aliphatic rings. The number of aromatic nitrogens is 4. The van der Waals surface area contributed by atoms with E-state index in [1.165, 1.54) is 17.3 Å².